The number of rotatable bonds is 6. The summed E-state index contributed by atoms with van der Waals surface area (Å²) in [7, 11) is 1.36. The van der Waals surface area contributed by atoms with E-state index in [-0.39, 0.29) is 30.7 Å². The van der Waals surface area contributed by atoms with Crippen LogP contribution in [-0.2, 0) is 35.1 Å². The molecule has 2 aliphatic rings. The molecular weight excluding hydrogens is 324 g/mol. The van der Waals surface area contributed by atoms with Crippen LogP contribution in [0.25, 0.3) is 0 Å². The molecule has 0 aliphatic carbocycles. The number of hydrogen-bond donors (Lipinski definition) is 0. The number of fused-ring (bicyclic) bond motifs is 1. The van der Waals surface area contributed by atoms with Crippen molar-refractivity contribution in [2.24, 2.45) is 0 Å². The van der Waals surface area contributed by atoms with Crippen LogP contribution in [0, 0.1) is 0 Å². The summed E-state index contributed by atoms with van der Waals surface area (Å²) in [6.07, 6.45) is 2.27. The van der Waals surface area contributed by atoms with Gasteiger partial charge in [0.25, 0.3) is 0 Å². The van der Waals surface area contributed by atoms with Crippen LogP contribution in [0.5, 0.6) is 0 Å². The first-order valence-electron chi connectivity index (χ1n) is 8.38. The van der Waals surface area contributed by atoms with E-state index < -0.39 is 12.1 Å². The largest absolute Gasteiger partial charge is 0.469 e. The zero-order valence-electron chi connectivity index (χ0n) is 14.7. The predicted octanol–water partition coefficient (Wildman–Crippen LogP) is 2.57. The van der Waals surface area contributed by atoms with Gasteiger partial charge in [0.05, 0.1) is 20.1 Å². The van der Waals surface area contributed by atoms with Crippen molar-refractivity contribution in [1.29, 1.82) is 0 Å². The van der Waals surface area contributed by atoms with Crippen LogP contribution in [0.2, 0.25) is 0 Å². The monoisotopic (exact) mass is 348 g/mol. The quantitative estimate of drug-likeness (QED) is 0.582. The number of benzene rings is 1. The lowest BCUT2D eigenvalue weighted by atomic mass is 10.1. The predicted molar refractivity (Wildman–Crippen MR) is 89.5 cm³/mol. The highest BCUT2D eigenvalue weighted by atomic mass is 16.8. The molecule has 136 valence electrons. The van der Waals surface area contributed by atoms with Crippen LogP contribution in [0.3, 0.4) is 0 Å². The van der Waals surface area contributed by atoms with E-state index in [2.05, 4.69) is 4.74 Å². The van der Waals surface area contributed by atoms with Gasteiger partial charge < -0.3 is 23.7 Å². The van der Waals surface area contributed by atoms with Crippen LogP contribution in [0.15, 0.2) is 42.5 Å². The molecule has 2 saturated heterocycles. The molecule has 6 nitrogen and oxygen atoms in total. The molecule has 0 amide bonds. The zero-order chi connectivity index (χ0) is 17.9. The normalized spacial score (nSPS) is 30.5. The summed E-state index contributed by atoms with van der Waals surface area (Å²) in [6.45, 7) is 4.17. The highest BCUT2D eigenvalue weighted by molar-refractivity contribution is 5.70. The topological polar surface area (TPSA) is 63.2 Å². The van der Waals surface area contributed by atoms with Crippen molar-refractivity contribution in [3.63, 3.8) is 0 Å². The Kier molecular flexibility index (Phi) is 5.54. The molecule has 0 saturated carbocycles. The van der Waals surface area contributed by atoms with Crippen molar-refractivity contribution in [3.8, 4) is 0 Å². The molecule has 25 heavy (non-hydrogen) atoms. The van der Waals surface area contributed by atoms with Gasteiger partial charge in [-0.25, -0.2) is 0 Å². The van der Waals surface area contributed by atoms with E-state index in [1.165, 1.54) is 7.11 Å². The van der Waals surface area contributed by atoms with Crippen LogP contribution < -0.4 is 0 Å². The third-order valence-corrected chi connectivity index (χ3v) is 4.14. The maximum atomic E-state index is 11.2. The van der Waals surface area contributed by atoms with Gasteiger partial charge in [-0.05, 0) is 19.4 Å². The van der Waals surface area contributed by atoms with Gasteiger partial charge in [-0.2, -0.15) is 0 Å². The summed E-state index contributed by atoms with van der Waals surface area (Å²) in [5.74, 6) is -0.992. The van der Waals surface area contributed by atoms with Crippen molar-refractivity contribution in [3.05, 3.63) is 48.0 Å². The number of esters is 1. The second kappa shape index (κ2) is 7.66. The van der Waals surface area contributed by atoms with Gasteiger partial charge in [0.2, 0.25) is 0 Å². The van der Waals surface area contributed by atoms with Crippen LogP contribution >= 0.6 is 0 Å². The molecule has 3 rings (SSSR count). The van der Waals surface area contributed by atoms with Gasteiger partial charge in [-0.1, -0.05) is 42.5 Å². The molecule has 4 atom stereocenters. The van der Waals surface area contributed by atoms with E-state index in [1.54, 1.807) is 6.08 Å². The lowest BCUT2D eigenvalue weighted by Crippen LogP contribution is -2.31. The molecule has 0 radical (unpaired) electrons. The highest BCUT2D eigenvalue weighted by Gasteiger charge is 2.55. The van der Waals surface area contributed by atoms with Crippen molar-refractivity contribution >= 4 is 5.97 Å². The molecule has 0 spiro atoms. The molecule has 6 heteroatoms. The van der Waals surface area contributed by atoms with Crippen molar-refractivity contribution in [1.82, 2.24) is 0 Å². The minimum Gasteiger partial charge on any atom is -0.469 e. The average Bonchev–Trinajstić information content (AvgIpc) is 3.07. The molecule has 2 aliphatic heterocycles. The Bertz CT molecular complexity index is 612. The molecule has 0 aromatic heterocycles. The maximum Gasteiger partial charge on any atom is 0.309 e. The number of carbonyl (C=O) groups excluding carboxylic acids is 1. The summed E-state index contributed by atoms with van der Waals surface area (Å²) in [6, 6.07) is 9.89. The van der Waals surface area contributed by atoms with Crippen LogP contribution in [0.4, 0.5) is 0 Å². The molecule has 2 fully saturated rings. The summed E-state index contributed by atoms with van der Waals surface area (Å²) < 4.78 is 28.4. The molecule has 1 aromatic carbocycles. The molecule has 0 N–H and O–H groups in total. The highest BCUT2D eigenvalue weighted by Crippen LogP contribution is 2.39. The van der Waals surface area contributed by atoms with E-state index in [4.69, 9.17) is 18.9 Å². The Hall–Kier alpha value is -1.73. The number of hydrogen-bond acceptors (Lipinski definition) is 6. The number of methoxy groups -OCH3 is 1. The second-order valence-corrected chi connectivity index (χ2v) is 6.54. The maximum absolute atomic E-state index is 11.2. The fraction of sp³-hybridized carbons (Fsp3) is 0.526. The Balaban J connectivity index is 1.64. The molecule has 1 unspecified atom stereocenters. The second-order valence-electron chi connectivity index (χ2n) is 6.54. The van der Waals surface area contributed by atoms with Gasteiger partial charge >= 0.3 is 5.97 Å². The van der Waals surface area contributed by atoms with Gasteiger partial charge in [0.15, 0.2) is 12.1 Å². The van der Waals surface area contributed by atoms with Crippen molar-refractivity contribution < 1.29 is 28.5 Å². The SMILES string of the molecule is COC(=O)C/C=C\C1O[C@H](OCc2ccccc2)[C@H]2OC(C)(C)O[C@@H]12. The Morgan fingerprint density at radius 3 is 2.64 bits per heavy atom. The summed E-state index contributed by atoms with van der Waals surface area (Å²) in [5, 5.41) is 0. The summed E-state index contributed by atoms with van der Waals surface area (Å²) in [5.41, 5.74) is 1.06. The van der Waals surface area contributed by atoms with Gasteiger partial charge in [-0.3, -0.25) is 4.79 Å². The van der Waals surface area contributed by atoms with E-state index >= 15 is 0 Å². The third kappa shape index (κ3) is 4.46. The Morgan fingerprint density at radius 2 is 1.92 bits per heavy atom. The molecule has 2 heterocycles. The van der Waals surface area contributed by atoms with Crippen LogP contribution in [0.1, 0.15) is 25.8 Å². The fourth-order valence-corrected chi connectivity index (χ4v) is 3.01. The van der Waals surface area contributed by atoms with E-state index in [0.29, 0.717) is 6.61 Å². The molecular formula is C19H24O6. The smallest absolute Gasteiger partial charge is 0.309 e. The average molecular weight is 348 g/mol. The first-order valence-corrected chi connectivity index (χ1v) is 8.38. The summed E-state index contributed by atoms with van der Waals surface area (Å²) in [4.78, 5) is 11.2. The van der Waals surface area contributed by atoms with Crippen molar-refractivity contribution in [2.75, 3.05) is 7.11 Å². The standard InChI is InChI=1S/C19H24O6/c1-19(2)24-16-14(10-7-11-15(20)21-3)23-18(17(16)25-19)22-12-13-8-5-4-6-9-13/h4-10,14,16-18H,11-12H2,1-3H3/b10-7-/t14?,16-,17-,18-/m0/s1. The van der Waals surface area contributed by atoms with Crippen LogP contribution in [-0.4, -0.2) is 43.5 Å². The minimum absolute atomic E-state index is 0.188. The Morgan fingerprint density at radius 1 is 1.20 bits per heavy atom. The third-order valence-electron chi connectivity index (χ3n) is 4.14. The Labute approximate surface area is 147 Å². The first kappa shape index (κ1) is 18.1. The molecule has 0 bridgehead atoms. The van der Waals surface area contributed by atoms with Gasteiger partial charge in [-0.15, -0.1) is 0 Å². The first-order chi connectivity index (χ1) is 12.0. The van der Waals surface area contributed by atoms with E-state index in [0.717, 1.165) is 5.56 Å². The van der Waals surface area contributed by atoms with Gasteiger partial charge in [0, 0.05) is 0 Å². The fourth-order valence-electron chi connectivity index (χ4n) is 3.01. The van der Waals surface area contributed by atoms with E-state index in [1.807, 2.05) is 50.3 Å². The zero-order valence-corrected chi connectivity index (χ0v) is 14.7. The van der Waals surface area contributed by atoms with Gasteiger partial charge in [0.1, 0.15) is 18.3 Å². The van der Waals surface area contributed by atoms with E-state index in [9.17, 15) is 4.79 Å². The minimum atomic E-state index is -0.693. The van der Waals surface area contributed by atoms with Crippen molar-refractivity contribution in [2.45, 2.75) is 57.3 Å². The lowest BCUT2D eigenvalue weighted by Gasteiger charge is -2.23. The summed E-state index contributed by atoms with van der Waals surface area (Å²) >= 11 is 0. The lowest BCUT2D eigenvalue weighted by molar-refractivity contribution is -0.231. The number of carbonyl (C=O) groups is 1. The number of ether oxygens (including phenoxy) is 5. The molecule has 1 aromatic rings.